The first kappa shape index (κ1) is 15.6. The lowest BCUT2D eigenvalue weighted by Crippen LogP contribution is -2.44. The number of hydrogen-bond acceptors (Lipinski definition) is 2. The molecule has 94 valence electrons. The summed E-state index contributed by atoms with van der Waals surface area (Å²) in [6.45, 7) is 13.5. The number of rotatable bonds is 3. The maximum absolute atomic E-state index is 12.2. The zero-order valence-electron chi connectivity index (χ0n) is 11.4. The van der Waals surface area contributed by atoms with E-state index in [0.717, 1.165) is 5.71 Å². The molecule has 0 unspecified atom stereocenters. The number of nitrogens with zero attached hydrogens (tertiary/aromatic N) is 2. The SMILES string of the molecule is CC(C)=NN(C[Si](C)(C)Cl)C(=O)C(C)(C)C. The van der Waals surface area contributed by atoms with Gasteiger partial charge in [-0.25, -0.2) is 5.01 Å². The molecule has 0 aliphatic carbocycles. The highest BCUT2D eigenvalue weighted by Crippen LogP contribution is 2.20. The van der Waals surface area contributed by atoms with E-state index >= 15 is 0 Å². The van der Waals surface area contributed by atoms with Crippen LogP contribution in [0.15, 0.2) is 5.10 Å². The molecule has 0 saturated carbocycles. The Bertz CT molecular complexity index is 285. The predicted octanol–water partition coefficient (Wildman–Crippen LogP) is 3.24. The fourth-order valence-corrected chi connectivity index (χ4v) is 2.40. The molecule has 3 nitrogen and oxygen atoms in total. The Hall–Kier alpha value is -0.353. The van der Waals surface area contributed by atoms with E-state index < -0.39 is 12.8 Å². The third kappa shape index (κ3) is 6.28. The van der Waals surface area contributed by atoms with Gasteiger partial charge in [-0.1, -0.05) is 33.9 Å². The van der Waals surface area contributed by atoms with Crippen molar-refractivity contribution >= 4 is 30.1 Å². The largest absolute Gasteiger partial charge is 0.272 e. The normalized spacial score (nSPS) is 12.2. The molecule has 0 aromatic rings. The first-order valence-corrected chi connectivity index (χ1v) is 9.68. The molecule has 0 bridgehead atoms. The van der Waals surface area contributed by atoms with Crippen LogP contribution in [0.25, 0.3) is 0 Å². The van der Waals surface area contributed by atoms with Gasteiger partial charge in [-0.05, 0) is 13.8 Å². The Kier molecular flexibility index (Phi) is 5.20. The van der Waals surface area contributed by atoms with Crippen LogP contribution in [0, 0.1) is 5.41 Å². The average molecular weight is 263 g/mol. The standard InChI is InChI=1S/C11H23ClN2OSi/c1-9(2)13-14(8-16(6,7)12)10(15)11(3,4)5/h8H2,1-7H3. The van der Waals surface area contributed by atoms with Gasteiger partial charge in [0.15, 0.2) is 7.38 Å². The van der Waals surface area contributed by atoms with Gasteiger partial charge >= 0.3 is 0 Å². The number of hydrazone groups is 1. The Morgan fingerprint density at radius 3 is 2.00 bits per heavy atom. The summed E-state index contributed by atoms with van der Waals surface area (Å²) in [4.78, 5) is 12.2. The van der Waals surface area contributed by atoms with Gasteiger partial charge in [0.1, 0.15) is 0 Å². The van der Waals surface area contributed by atoms with E-state index in [4.69, 9.17) is 11.1 Å². The van der Waals surface area contributed by atoms with Crippen molar-refractivity contribution < 1.29 is 4.79 Å². The van der Waals surface area contributed by atoms with Crippen molar-refractivity contribution in [1.29, 1.82) is 0 Å². The van der Waals surface area contributed by atoms with Crippen LogP contribution >= 0.6 is 11.1 Å². The van der Waals surface area contributed by atoms with E-state index in [2.05, 4.69) is 5.10 Å². The Labute approximate surface area is 105 Å². The van der Waals surface area contributed by atoms with Crippen LogP contribution in [0.5, 0.6) is 0 Å². The molecular formula is C11H23ClN2OSi. The molecule has 5 heteroatoms. The minimum absolute atomic E-state index is 0.0231. The molecule has 0 N–H and O–H groups in total. The topological polar surface area (TPSA) is 32.7 Å². The highest BCUT2D eigenvalue weighted by molar-refractivity contribution is 7.19. The van der Waals surface area contributed by atoms with Gasteiger partial charge in [-0.2, -0.15) is 16.2 Å². The monoisotopic (exact) mass is 262 g/mol. The van der Waals surface area contributed by atoms with Gasteiger partial charge in [-0.15, -0.1) is 0 Å². The Morgan fingerprint density at radius 1 is 1.31 bits per heavy atom. The maximum atomic E-state index is 12.2. The molecular weight excluding hydrogens is 240 g/mol. The van der Waals surface area contributed by atoms with Gasteiger partial charge in [0.2, 0.25) is 5.91 Å². The van der Waals surface area contributed by atoms with Crippen LogP contribution < -0.4 is 0 Å². The first-order valence-electron chi connectivity index (χ1n) is 5.46. The first-order chi connectivity index (χ1) is 6.93. The number of halogens is 1. The average Bonchev–Trinajstić information content (AvgIpc) is 1.96. The zero-order valence-corrected chi connectivity index (χ0v) is 13.1. The molecule has 0 fully saturated rings. The quantitative estimate of drug-likeness (QED) is 0.333. The van der Waals surface area contributed by atoms with Gasteiger partial charge in [0.05, 0.1) is 6.17 Å². The summed E-state index contributed by atoms with van der Waals surface area (Å²) in [7, 11) is -1.86. The van der Waals surface area contributed by atoms with Crippen LogP contribution in [0.3, 0.4) is 0 Å². The predicted molar refractivity (Wildman–Crippen MR) is 73.3 cm³/mol. The summed E-state index contributed by atoms with van der Waals surface area (Å²) in [6.07, 6.45) is 0.551. The molecule has 0 rings (SSSR count). The lowest BCUT2D eigenvalue weighted by molar-refractivity contribution is -0.138. The van der Waals surface area contributed by atoms with Crippen LogP contribution in [-0.2, 0) is 4.79 Å². The molecule has 0 aliphatic heterocycles. The highest BCUT2D eigenvalue weighted by atomic mass is 35.6. The number of carbonyl (C=O) groups is 1. The molecule has 0 heterocycles. The lowest BCUT2D eigenvalue weighted by atomic mass is 9.96. The van der Waals surface area contributed by atoms with Crippen molar-refractivity contribution in [2.24, 2.45) is 10.5 Å². The third-order valence-corrected chi connectivity index (χ3v) is 3.13. The summed E-state index contributed by atoms with van der Waals surface area (Å²) in [5, 5.41) is 5.82. The molecule has 0 aromatic carbocycles. The summed E-state index contributed by atoms with van der Waals surface area (Å²) >= 11 is 6.28. The van der Waals surface area contributed by atoms with Gasteiger partial charge in [0.25, 0.3) is 0 Å². The number of hydrogen-bond donors (Lipinski definition) is 0. The van der Waals surface area contributed by atoms with Crippen LogP contribution in [0.4, 0.5) is 0 Å². The van der Waals surface area contributed by atoms with E-state index in [0.29, 0.717) is 6.17 Å². The molecule has 0 saturated heterocycles. The van der Waals surface area contributed by atoms with Crippen LogP contribution in [-0.4, -0.2) is 30.2 Å². The van der Waals surface area contributed by atoms with E-state index in [1.165, 1.54) is 5.01 Å². The second kappa shape index (κ2) is 5.32. The van der Waals surface area contributed by atoms with Gasteiger partial charge in [0, 0.05) is 11.1 Å². The van der Waals surface area contributed by atoms with Crippen molar-refractivity contribution in [3.63, 3.8) is 0 Å². The van der Waals surface area contributed by atoms with E-state index in [1.54, 1.807) is 0 Å². The molecule has 0 spiro atoms. The second-order valence-corrected chi connectivity index (χ2v) is 12.7. The van der Waals surface area contributed by atoms with Crippen LogP contribution in [0.1, 0.15) is 34.6 Å². The molecule has 0 aromatic heterocycles. The summed E-state index contributed by atoms with van der Waals surface area (Å²) in [6, 6.07) is 0. The third-order valence-electron chi connectivity index (χ3n) is 1.72. The minimum Gasteiger partial charge on any atom is -0.272 e. The number of amides is 1. The zero-order chi connectivity index (χ0) is 13.1. The fraction of sp³-hybridized carbons (Fsp3) is 0.818. The lowest BCUT2D eigenvalue weighted by Gasteiger charge is -2.29. The Morgan fingerprint density at radius 2 is 1.75 bits per heavy atom. The minimum atomic E-state index is -1.86. The molecule has 0 radical (unpaired) electrons. The molecule has 0 aliphatic rings. The second-order valence-electron chi connectivity index (χ2n) is 5.88. The molecule has 0 atom stereocenters. The summed E-state index contributed by atoms with van der Waals surface area (Å²) in [5.74, 6) is 0.0231. The smallest absolute Gasteiger partial charge is 0.247 e. The van der Waals surface area contributed by atoms with E-state index in [9.17, 15) is 4.79 Å². The highest BCUT2D eigenvalue weighted by Gasteiger charge is 2.31. The molecule has 1 amide bonds. The fourth-order valence-electron chi connectivity index (χ4n) is 1.14. The Balaban J connectivity index is 4.98. The van der Waals surface area contributed by atoms with Crippen molar-refractivity contribution in [3.05, 3.63) is 0 Å². The van der Waals surface area contributed by atoms with Crippen LogP contribution in [0.2, 0.25) is 13.1 Å². The summed E-state index contributed by atoms with van der Waals surface area (Å²) < 4.78 is 0. The summed E-state index contributed by atoms with van der Waals surface area (Å²) in [5.41, 5.74) is 0.447. The van der Waals surface area contributed by atoms with Crippen molar-refractivity contribution in [2.75, 3.05) is 6.17 Å². The van der Waals surface area contributed by atoms with Crippen molar-refractivity contribution in [3.8, 4) is 0 Å². The van der Waals surface area contributed by atoms with Gasteiger partial charge < -0.3 is 0 Å². The molecule has 16 heavy (non-hydrogen) atoms. The van der Waals surface area contributed by atoms with Gasteiger partial charge in [-0.3, -0.25) is 4.79 Å². The van der Waals surface area contributed by atoms with Crippen molar-refractivity contribution in [2.45, 2.75) is 47.7 Å². The number of carbonyl (C=O) groups excluding carboxylic acids is 1. The van der Waals surface area contributed by atoms with Crippen molar-refractivity contribution in [1.82, 2.24) is 5.01 Å². The van der Waals surface area contributed by atoms with E-state index in [1.807, 2.05) is 47.7 Å². The maximum Gasteiger partial charge on any atom is 0.247 e. The van der Waals surface area contributed by atoms with E-state index in [-0.39, 0.29) is 5.91 Å².